The van der Waals surface area contributed by atoms with Crippen molar-refractivity contribution in [3.8, 4) is 0 Å². The highest BCUT2D eigenvalue weighted by Gasteiger charge is 2.35. The molecule has 1 saturated carbocycles. The van der Waals surface area contributed by atoms with Gasteiger partial charge in [0, 0.05) is 27.8 Å². The van der Waals surface area contributed by atoms with E-state index in [4.69, 9.17) is 0 Å². The van der Waals surface area contributed by atoms with Gasteiger partial charge in [0.1, 0.15) is 0 Å². The summed E-state index contributed by atoms with van der Waals surface area (Å²) < 4.78 is 11.7. The first-order valence-corrected chi connectivity index (χ1v) is 9.56. The molecule has 5 nitrogen and oxygen atoms in total. The minimum atomic E-state index is -0.975. The van der Waals surface area contributed by atoms with E-state index < -0.39 is 16.3 Å². The zero-order valence-corrected chi connectivity index (χ0v) is 15.2. The minimum Gasteiger partial charge on any atom is -0.394 e. The quantitative estimate of drug-likeness (QED) is 0.697. The van der Waals surface area contributed by atoms with Crippen molar-refractivity contribution in [3.63, 3.8) is 0 Å². The second-order valence-corrected chi connectivity index (χ2v) is 9.78. The normalized spacial score (nSPS) is 21.0. The van der Waals surface area contributed by atoms with Crippen LogP contribution in [0.2, 0.25) is 0 Å². The second-order valence-electron chi connectivity index (χ2n) is 7.45. The predicted molar refractivity (Wildman–Crippen MR) is 91.4 cm³/mol. The number of carbonyl (C=O) groups is 1. The molecule has 130 valence electrons. The standard InChI is InChI=1S/C16H32N2O3S/c1-15(2,3)22(21)11-10-17-14(20)18-16(4,12-19)13-8-6-5-7-9-13/h13,19H,5-12H2,1-4H3,(H2,17,18,20)/t16-,22-/m0/s1. The highest BCUT2D eigenvalue weighted by atomic mass is 32.2. The largest absolute Gasteiger partial charge is 0.394 e. The maximum atomic E-state index is 12.1. The number of nitrogens with one attached hydrogen (secondary N) is 2. The molecule has 1 aliphatic carbocycles. The molecule has 1 rings (SSSR count). The average molecular weight is 333 g/mol. The fraction of sp³-hybridized carbons (Fsp3) is 0.938. The van der Waals surface area contributed by atoms with Crippen molar-refractivity contribution in [2.24, 2.45) is 5.92 Å². The molecular formula is C16H32N2O3S. The van der Waals surface area contributed by atoms with Crippen molar-refractivity contribution in [1.29, 1.82) is 0 Å². The first-order chi connectivity index (χ1) is 10.2. The van der Waals surface area contributed by atoms with Gasteiger partial charge in [-0.25, -0.2) is 4.79 Å². The molecule has 0 aromatic carbocycles. The maximum Gasteiger partial charge on any atom is 0.315 e. The molecule has 22 heavy (non-hydrogen) atoms. The van der Waals surface area contributed by atoms with Crippen LogP contribution in [0.5, 0.6) is 0 Å². The van der Waals surface area contributed by atoms with Crippen LogP contribution >= 0.6 is 0 Å². The summed E-state index contributed by atoms with van der Waals surface area (Å²) in [5.41, 5.74) is -0.576. The number of aliphatic hydroxyl groups is 1. The summed E-state index contributed by atoms with van der Waals surface area (Å²) in [6.07, 6.45) is 5.65. The fourth-order valence-corrected chi connectivity index (χ4v) is 3.78. The topological polar surface area (TPSA) is 78.4 Å². The van der Waals surface area contributed by atoms with Crippen LogP contribution in [-0.2, 0) is 10.8 Å². The van der Waals surface area contributed by atoms with E-state index in [1.54, 1.807) is 0 Å². The van der Waals surface area contributed by atoms with E-state index in [0.717, 1.165) is 25.7 Å². The Labute approximate surface area is 137 Å². The Kier molecular flexibility index (Phi) is 7.32. The van der Waals surface area contributed by atoms with E-state index in [1.807, 2.05) is 27.7 Å². The van der Waals surface area contributed by atoms with E-state index in [9.17, 15) is 14.1 Å². The van der Waals surface area contributed by atoms with Crippen LogP contribution in [0.4, 0.5) is 4.79 Å². The Morgan fingerprint density at radius 2 is 1.77 bits per heavy atom. The van der Waals surface area contributed by atoms with Gasteiger partial charge in [-0.05, 0) is 46.5 Å². The Balaban J connectivity index is 2.43. The summed E-state index contributed by atoms with van der Waals surface area (Å²) >= 11 is 0. The van der Waals surface area contributed by atoms with Crippen LogP contribution in [0.3, 0.4) is 0 Å². The number of hydrogen-bond donors (Lipinski definition) is 3. The Hall–Kier alpha value is -0.620. The lowest BCUT2D eigenvalue weighted by Gasteiger charge is -2.39. The molecule has 3 N–H and O–H groups in total. The molecule has 6 heteroatoms. The molecule has 0 radical (unpaired) electrons. The smallest absolute Gasteiger partial charge is 0.315 e. The second kappa shape index (κ2) is 8.29. The van der Waals surface area contributed by atoms with E-state index in [2.05, 4.69) is 10.6 Å². The van der Waals surface area contributed by atoms with E-state index in [1.165, 1.54) is 6.42 Å². The van der Waals surface area contributed by atoms with Gasteiger partial charge in [0.15, 0.2) is 0 Å². The molecule has 0 heterocycles. The van der Waals surface area contributed by atoms with E-state index in [-0.39, 0.29) is 17.4 Å². The van der Waals surface area contributed by atoms with Crippen LogP contribution in [-0.4, -0.2) is 44.5 Å². The molecule has 1 aliphatic rings. The molecule has 0 bridgehead atoms. The third kappa shape index (κ3) is 5.88. The highest BCUT2D eigenvalue weighted by Crippen LogP contribution is 2.32. The lowest BCUT2D eigenvalue weighted by atomic mass is 9.76. The average Bonchev–Trinajstić information content (AvgIpc) is 2.46. The first-order valence-electron chi connectivity index (χ1n) is 8.24. The van der Waals surface area contributed by atoms with Gasteiger partial charge in [-0.2, -0.15) is 0 Å². The van der Waals surface area contributed by atoms with Gasteiger partial charge in [0.25, 0.3) is 0 Å². The number of urea groups is 1. The SMILES string of the molecule is CC(C)(C)[S@@](=O)CCNC(=O)N[C@@](C)(CO)C1CCCCC1. The molecule has 0 aromatic heterocycles. The Morgan fingerprint density at radius 1 is 1.18 bits per heavy atom. The third-order valence-corrected chi connectivity index (χ3v) is 6.43. The number of aliphatic hydroxyl groups excluding tert-OH is 1. The van der Waals surface area contributed by atoms with Crippen LogP contribution in [0.15, 0.2) is 0 Å². The first kappa shape index (κ1) is 19.4. The molecule has 0 saturated heterocycles. The van der Waals surface area contributed by atoms with Gasteiger partial charge in [-0.1, -0.05) is 19.3 Å². The summed E-state index contributed by atoms with van der Waals surface area (Å²) in [5, 5.41) is 15.4. The molecule has 0 unspecified atom stereocenters. The lowest BCUT2D eigenvalue weighted by Crippen LogP contribution is -2.57. The van der Waals surface area contributed by atoms with Gasteiger partial charge < -0.3 is 15.7 Å². The molecule has 0 aromatic rings. The highest BCUT2D eigenvalue weighted by molar-refractivity contribution is 7.86. The number of rotatable bonds is 6. The Bertz CT molecular complexity index is 389. The summed E-state index contributed by atoms with van der Waals surface area (Å²) in [7, 11) is -0.975. The van der Waals surface area contributed by atoms with Crippen molar-refractivity contribution in [2.75, 3.05) is 18.9 Å². The van der Waals surface area contributed by atoms with Crippen molar-refractivity contribution < 1.29 is 14.1 Å². The van der Waals surface area contributed by atoms with Gasteiger partial charge in [-0.15, -0.1) is 0 Å². The van der Waals surface area contributed by atoms with Crippen LogP contribution in [0.25, 0.3) is 0 Å². The third-order valence-electron chi connectivity index (χ3n) is 4.49. The summed E-state index contributed by atoms with van der Waals surface area (Å²) in [5.74, 6) is 0.761. The zero-order chi connectivity index (χ0) is 16.8. The van der Waals surface area contributed by atoms with Crippen molar-refractivity contribution in [1.82, 2.24) is 10.6 Å². The van der Waals surface area contributed by atoms with Crippen LogP contribution < -0.4 is 10.6 Å². The Morgan fingerprint density at radius 3 is 2.27 bits per heavy atom. The van der Waals surface area contributed by atoms with Crippen molar-refractivity contribution in [3.05, 3.63) is 0 Å². The van der Waals surface area contributed by atoms with Crippen LogP contribution in [0, 0.1) is 5.92 Å². The van der Waals surface area contributed by atoms with Gasteiger partial charge in [-0.3, -0.25) is 4.21 Å². The summed E-state index contributed by atoms with van der Waals surface area (Å²) in [4.78, 5) is 12.1. The zero-order valence-electron chi connectivity index (χ0n) is 14.4. The molecular weight excluding hydrogens is 300 g/mol. The summed E-state index contributed by atoms with van der Waals surface area (Å²) in [6, 6.07) is -0.284. The fourth-order valence-electron chi connectivity index (χ4n) is 2.88. The molecule has 2 atom stereocenters. The summed E-state index contributed by atoms with van der Waals surface area (Å²) in [6.45, 7) is 8.01. The molecule has 2 amide bonds. The number of amides is 2. The molecule has 0 spiro atoms. The number of carbonyl (C=O) groups excluding carboxylic acids is 1. The lowest BCUT2D eigenvalue weighted by molar-refractivity contribution is 0.101. The molecule has 1 fully saturated rings. The van der Waals surface area contributed by atoms with Crippen LogP contribution in [0.1, 0.15) is 59.8 Å². The maximum absolute atomic E-state index is 12.1. The van der Waals surface area contributed by atoms with E-state index >= 15 is 0 Å². The van der Waals surface area contributed by atoms with Crippen molar-refractivity contribution >= 4 is 16.8 Å². The monoisotopic (exact) mass is 332 g/mol. The predicted octanol–water partition coefficient (Wildman–Crippen LogP) is 2.16. The van der Waals surface area contributed by atoms with Gasteiger partial charge >= 0.3 is 6.03 Å². The van der Waals surface area contributed by atoms with Crippen molar-refractivity contribution in [2.45, 2.75) is 70.1 Å². The van der Waals surface area contributed by atoms with E-state index in [0.29, 0.717) is 18.2 Å². The molecule has 0 aliphatic heterocycles. The minimum absolute atomic E-state index is 0.0565. The number of hydrogen-bond acceptors (Lipinski definition) is 3. The van der Waals surface area contributed by atoms with Gasteiger partial charge in [0.2, 0.25) is 0 Å². The van der Waals surface area contributed by atoms with Gasteiger partial charge in [0.05, 0.1) is 12.1 Å².